The smallest absolute Gasteiger partial charge is 0.355 e. The van der Waals surface area contributed by atoms with Gasteiger partial charge in [0.1, 0.15) is 0 Å². The number of hydrogen-bond donors (Lipinski definition) is 2. The normalized spacial score (nSPS) is 18.1. The van der Waals surface area contributed by atoms with E-state index in [1.165, 1.54) is 6.07 Å². The van der Waals surface area contributed by atoms with Gasteiger partial charge in [-0.3, -0.25) is 4.79 Å². The van der Waals surface area contributed by atoms with Gasteiger partial charge < -0.3 is 10.6 Å². The van der Waals surface area contributed by atoms with Crippen LogP contribution >= 0.6 is 12.4 Å². The summed E-state index contributed by atoms with van der Waals surface area (Å²) in [5.41, 5.74) is -0.0491. The fraction of sp³-hybridized carbons (Fsp3) is 0.611. The summed E-state index contributed by atoms with van der Waals surface area (Å²) in [6, 6.07) is 5.19. The molecule has 0 radical (unpaired) electrons. The van der Waals surface area contributed by atoms with Crippen molar-refractivity contribution in [2.24, 2.45) is 11.3 Å². The van der Waals surface area contributed by atoms with Crippen LogP contribution in [0.2, 0.25) is 0 Å². The van der Waals surface area contributed by atoms with Crippen molar-refractivity contribution in [2.45, 2.75) is 39.3 Å². The van der Waals surface area contributed by atoms with Gasteiger partial charge in [-0.1, -0.05) is 32.0 Å². The van der Waals surface area contributed by atoms with Crippen LogP contribution in [0.1, 0.15) is 37.8 Å². The van der Waals surface area contributed by atoms with Crippen LogP contribution in [-0.2, 0) is 17.4 Å². The van der Waals surface area contributed by atoms with Crippen LogP contribution in [0.5, 0.6) is 0 Å². The third-order valence-corrected chi connectivity index (χ3v) is 4.74. The second kappa shape index (κ2) is 8.90. The topological polar surface area (TPSA) is 41.1 Å². The molecule has 7 heteroatoms. The van der Waals surface area contributed by atoms with E-state index in [9.17, 15) is 18.0 Å². The van der Waals surface area contributed by atoms with E-state index in [1.54, 1.807) is 13.0 Å². The summed E-state index contributed by atoms with van der Waals surface area (Å²) in [6.45, 7) is 6.42. The van der Waals surface area contributed by atoms with Gasteiger partial charge >= 0.3 is 6.18 Å². The quantitative estimate of drug-likeness (QED) is 0.818. The van der Waals surface area contributed by atoms with Gasteiger partial charge in [0.2, 0.25) is 5.91 Å². The summed E-state index contributed by atoms with van der Waals surface area (Å²) in [5.74, 6) is -0.467. The standard InChI is InChI=1S/C18H25F3N2O.ClH/c1-13(10-14-4-3-5-15(11-14)18(19,20)21)16(24)23-12-17(2)6-8-22-9-7-17;/h3-5,11,13,22H,6-10,12H2,1-2H3,(H,23,24);1H. The summed E-state index contributed by atoms with van der Waals surface area (Å²) < 4.78 is 38.2. The molecule has 0 saturated carbocycles. The van der Waals surface area contributed by atoms with Crippen LogP contribution in [0.25, 0.3) is 0 Å². The van der Waals surface area contributed by atoms with E-state index < -0.39 is 11.7 Å². The first-order valence-electron chi connectivity index (χ1n) is 8.34. The number of amides is 1. The molecule has 0 aliphatic carbocycles. The average Bonchev–Trinajstić information content (AvgIpc) is 2.53. The molecule has 2 rings (SSSR count). The summed E-state index contributed by atoms with van der Waals surface area (Å²) >= 11 is 0. The molecular formula is C18H26ClF3N2O. The molecule has 1 saturated heterocycles. The summed E-state index contributed by atoms with van der Waals surface area (Å²) in [5, 5.41) is 6.26. The van der Waals surface area contributed by atoms with Gasteiger partial charge in [-0.05, 0) is 49.4 Å². The molecule has 3 nitrogen and oxygen atoms in total. The van der Waals surface area contributed by atoms with Crippen molar-refractivity contribution in [1.29, 1.82) is 0 Å². The molecule has 2 N–H and O–H groups in total. The maximum absolute atomic E-state index is 12.7. The first-order valence-corrected chi connectivity index (χ1v) is 8.34. The van der Waals surface area contributed by atoms with Crippen molar-refractivity contribution in [3.8, 4) is 0 Å². The molecule has 0 spiro atoms. The Balaban J connectivity index is 0.00000312. The van der Waals surface area contributed by atoms with E-state index in [0.29, 0.717) is 18.5 Å². The predicted octanol–water partition coefficient (Wildman–Crippen LogP) is 3.81. The lowest BCUT2D eigenvalue weighted by atomic mass is 9.81. The zero-order valence-electron chi connectivity index (χ0n) is 14.6. The Hall–Kier alpha value is -1.27. The lowest BCUT2D eigenvalue weighted by molar-refractivity contribution is -0.137. The average molecular weight is 379 g/mol. The number of carbonyl (C=O) groups is 1. The van der Waals surface area contributed by atoms with Crippen LogP contribution in [0.4, 0.5) is 13.2 Å². The van der Waals surface area contributed by atoms with Crippen molar-refractivity contribution in [3.63, 3.8) is 0 Å². The largest absolute Gasteiger partial charge is 0.416 e. The Morgan fingerprint density at radius 2 is 1.96 bits per heavy atom. The lowest BCUT2D eigenvalue weighted by Crippen LogP contribution is -2.44. The Kier molecular flexibility index (Phi) is 7.75. The second-order valence-corrected chi connectivity index (χ2v) is 7.08. The number of nitrogens with one attached hydrogen (secondary N) is 2. The van der Waals surface area contributed by atoms with Gasteiger partial charge in [0.25, 0.3) is 0 Å². The van der Waals surface area contributed by atoms with Gasteiger partial charge in [0.05, 0.1) is 5.56 Å². The number of carbonyl (C=O) groups excluding carboxylic acids is 1. The van der Waals surface area contributed by atoms with Crippen LogP contribution < -0.4 is 10.6 Å². The SMILES string of the molecule is CC(Cc1cccc(C(F)(F)F)c1)C(=O)NCC1(C)CCNCC1.Cl. The summed E-state index contributed by atoms with van der Waals surface area (Å²) in [6.07, 6.45) is -2.04. The molecule has 25 heavy (non-hydrogen) atoms. The molecule has 0 bridgehead atoms. The number of hydrogen-bond acceptors (Lipinski definition) is 2. The Morgan fingerprint density at radius 1 is 1.32 bits per heavy atom. The van der Waals surface area contributed by atoms with E-state index in [-0.39, 0.29) is 29.6 Å². The molecule has 1 aromatic rings. The van der Waals surface area contributed by atoms with E-state index in [0.717, 1.165) is 38.1 Å². The maximum Gasteiger partial charge on any atom is 0.416 e. The molecule has 142 valence electrons. The third-order valence-electron chi connectivity index (χ3n) is 4.74. The maximum atomic E-state index is 12.7. The predicted molar refractivity (Wildman–Crippen MR) is 94.8 cm³/mol. The highest BCUT2D eigenvalue weighted by molar-refractivity contribution is 5.85. The zero-order chi connectivity index (χ0) is 17.8. The highest BCUT2D eigenvalue weighted by atomic mass is 35.5. The lowest BCUT2D eigenvalue weighted by Gasteiger charge is -2.34. The van der Waals surface area contributed by atoms with Gasteiger partial charge in [-0.25, -0.2) is 0 Å². The molecule has 1 atom stereocenters. The molecule has 1 aromatic carbocycles. The van der Waals surface area contributed by atoms with Gasteiger partial charge in [0.15, 0.2) is 0 Å². The van der Waals surface area contributed by atoms with Crippen molar-refractivity contribution >= 4 is 18.3 Å². The first-order chi connectivity index (χ1) is 11.2. The molecule has 1 fully saturated rings. The fourth-order valence-electron chi connectivity index (χ4n) is 3.00. The zero-order valence-corrected chi connectivity index (χ0v) is 15.4. The minimum atomic E-state index is -4.36. The van der Waals surface area contributed by atoms with Gasteiger partial charge in [-0.2, -0.15) is 13.2 Å². The molecule has 1 aliphatic rings. The van der Waals surface area contributed by atoms with Crippen molar-refractivity contribution < 1.29 is 18.0 Å². The van der Waals surface area contributed by atoms with Crippen LogP contribution in [0, 0.1) is 11.3 Å². The fourth-order valence-corrected chi connectivity index (χ4v) is 3.00. The first kappa shape index (κ1) is 21.8. The Labute approximate surface area is 153 Å². The Morgan fingerprint density at radius 3 is 2.56 bits per heavy atom. The molecule has 1 unspecified atom stereocenters. The highest BCUT2D eigenvalue weighted by Gasteiger charge is 2.31. The number of benzene rings is 1. The highest BCUT2D eigenvalue weighted by Crippen LogP contribution is 2.30. The molecule has 1 amide bonds. The number of halogens is 4. The Bertz CT molecular complexity index is 572. The van der Waals surface area contributed by atoms with Crippen molar-refractivity contribution in [2.75, 3.05) is 19.6 Å². The minimum absolute atomic E-state index is 0. The van der Waals surface area contributed by atoms with Gasteiger partial charge in [-0.15, -0.1) is 12.4 Å². The molecule has 0 aromatic heterocycles. The minimum Gasteiger partial charge on any atom is -0.355 e. The number of piperidine rings is 1. The number of alkyl halides is 3. The summed E-state index contributed by atoms with van der Waals surface area (Å²) in [4.78, 5) is 12.3. The van der Waals surface area contributed by atoms with E-state index in [1.807, 2.05) is 0 Å². The van der Waals surface area contributed by atoms with E-state index >= 15 is 0 Å². The third kappa shape index (κ3) is 6.51. The molecule has 1 aliphatic heterocycles. The van der Waals surface area contributed by atoms with Crippen LogP contribution in [0.15, 0.2) is 24.3 Å². The number of rotatable bonds is 5. The second-order valence-electron chi connectivity index (χ2n) is 7.08. The summed E-state index contributed by atoms with van der Waals surface area (Å²) in [7, 11) is 0. The monoisotopic (exact) mass is 378 g/mol. The van der Waals surface area contributed by atoms with Crippen LogP contribution in [0.3, 0.4) is 0 Å². The van der Waals surface area contributed by atoms with Crippen molar-refractivity contribution in [1.82, 2.24) is 10.6 Å². The molecule has 1 heterocycles. The van der Waals surface area contributed by atoms with E-state index in [2.05, 4.69) is 17.6 Å². The van der Waals surface area contributed by atoms with Crippen LogP contribution in [-0.4, -0.2) is 25.5 Å². The van der Waals surface area contributed by atoms with Gasteiger partial charge in [0, 0.05) is 12.5 Å². The molecular weight excluding hydrogens is 353 g/mol. The van der Waals surface area contributed by atoms with E-state index in [4.69, 9.17) is 0 Å². The van der Waals surface area contributed by atoms with Crippen molar-refractivity contribution in [3.05, 3.63) is 35.4 Å².